The standard InChI is InChI=1S/C12H27NS/c1-11(2)12(3,4)10-13-8-6-7-9-14-5/h11,13H,6-10H2,1-5H3. The molecule has 0 amide bonds. The first-order valence-electron chi connectivity index (χ1n) is 5.70. The third-order valence-corrected chi connectivity index (χ3v) is 3.79. The van der Waals surface area contributed by atoms with Crippen molar-refractivity contribution in [3.05, 3.63) is 0 Å². The first-order valence-corrected chi connectivity index (χ1v) is 7.09. The fourth-order valence-corrected chi connectivity index (χ4v) is 1.60. The molecule has 0 atom stereocenters. The van der Waals surface area contributed by atoms with E-state index in [1.54, 1.807) is 0 Å². The number of rotatable bonds is 8. The Morgan fingerprint density at radius 2 is 1.86 bits per heavy atom. The highest BCUT2D eigenvalue weighted by molar-refractivity contribution is 7.98. The van der Waals surface area contributed by atoms with E-state index in [4.69, 9.17) is 0 Å². The van der Waals surface area contributed by atoms with E-state index < -0.39 is 0 Å². The zero-order valence-electron chi connectivity index (χ0n) is 10.5. The van der Waals surface area contributed by atoms with Crippen molar-refractivity contribution < 1.29 is 0 Å². The Bertz CT molecular complexity index is 132. The van der Waals surface area contributed by atoms with Gasteiger partial charge in [0.05, 0.1) is 0 Å². The molecule has 1 N–H and O–H groups in total. The first kappa shape index (κ1) is 14.3. The highest BCUT2D eigenvalue weighted by Crippen LogP contribution is 2.24. The van der Waals surface area contributed by atoms with Crippen LogP contribution in [0.15, 0.2) is 0 Å². The minimum atomic E-state index is 0.430. The lowest BCUT2D eigenvalue weighted by Gasteiger charge is -2.29. The van der Waals surface area contributed by atoms with Crippen LogP contribution in [0, 0.1) is 11.3 Å². The molecule has 0 heterocycles. The number of thioether (sulfide) groups is 1. The van der Waals surface area contributed by atoms with Crippen molar-refractivity contribution >= 4 is 11.8 Å². The molecule has 0 saturated carbocycles. The summed E-state index contributed by atoms with van der Waals surface area (Å²) in [6, 6.07) is 0. The smallest absolute Gasteiger partial charge is 0.000496 e. The Morgan fingerprint density at radius 3 is 2.36 bits per heavy atom. The van der Waals surface area contributed by atoms with Crippen LogP contribution in [0.25, 0.3) is 0 Å². The summed E-state index contributed by atoms with van der Waals surface area (Å²) < 4.78 is 0. The van der Waals surface area contributed by atoms with Crippen LogP contribution in [0.1, 0.15) is 40.5 Å². The van der Waals surface area contributed by atoms with Gasteiger partial charge in [-0.2, -0.15) is 11.8 Å². The van der Waals surface area contributed by atoms with Gasteiger partial charge in [-0.05, 0) is 42.7 Å². The number of hydrogen-bond acceptors (Lipinski definition) is 2. The summed E-state index contributed by atoms with van der Waals surface area (Å²) in [4.78, 5) is 0. The van der Waals surface area contributed by atoms with Crippen LogP contribution in [0.2, 0.25) is 0 Å². The van der Waals surface area contributed by atoms with Crippen molar-refractivity contribution in [2.45, 2.75) is 40.5 Å². The highest BCUT2D eigenvalue weighted by atomic mass is 32.2. The summed E-state index contributed by atoms with van der Waals surface area (Å²) in [5.41, 5.74) is 0.430. The van der Waals surface area contributed by atoms with Gasteiger partial charge < -0.3 is 5.32 Å². The lowest BCUT2D eigenvalue weighted by atomic mass is 9.81. The van der Waals surface area contributed by atoms with Crippen LogP contribution >= 0.6 is 11.8 Å². The summed E-state index contributed by atoms with van der Waals surface area (Å²) in [6.07, 6.45) is 4.83. The Morgan fingerprint density at radius 1 is 1.21 bits per heavy atom. The summed E-state index contributed by atoms with van der Waals surface area (Å²) in [5.74, 6) is 2.05. The topological polar surface area (TPSA) is 12.0 Å². The molecule has 0 rings (SSSR count). The third kappa shape index (κ3) is 6.72. The number of nitrogens with one attached hydrogen (secondary N) is 1. The lowest BCUT2D eigenvalue weighted by molar-refractivity contribution is 0.238. The molecule has 1 nitrogen and oxygen atoms in total. The Balaban J connectivity index is 3.35. The summed E-state index contributed by atoms with van der Waals surface area (Å²) in [5, 5.41) is 3.56. The Labute approximate surface area is 94.4 Å². The van der Waals surface area contributed by atoms with E-state index in [0.29, 0.717) is 5.41 Å². The van der Waals surface area contributed by atoms with E-state index >= 15 is 0 Å². The van der Waals surface area contributed by atoms with Gasteiger partial charge in [0.1, 0.15) is 0 Å². The monoisotopic (exact) mass is 217 g/mol. The first-order chi connectivity index (χ1) is 6.50. The van der Waals surface area contributed by atoms with E-state index in [-0.39, 0.29) is 0 Å². The second-order valence-corrected chi connectivity index (χ2v) is 6.01. The minimum absolute atomic E-state index is 0.430. The molecule has 2 heteroatoms. The van der Waals surface area contributed by atoms with Gasteiger partial charge in [0, 0.05) is 6.54 Å². The molecular formula is C12H27NS. The molecule has 0 radical (unpaired) electrons. The van der Waals surface area contributed by atoms with Crippen molar-refractivity contribution in [2.24, 2.45) is 11.3 Å². The second-order valence-electron chi connectivity index (χ2n) is 5.02. The lowest BCUT2D eigenvalue weighted by Crippen LogP contribution is -2.33. The van der Waals surface area contributed by atoms with Crippen LogP contribution in [-0.4, -0.2) is 25.1 Å². The van der Waals surface area contributed by atoms with Gasteiger partial charge >= 0.3 is 0 Å². The highest BCUT2D eigenvalue weighted by Gasteiger charge is 2.21. The number of unbranched alkanes of at least 4 members (excludes halogenated alkanes) is 1. The molecule has 86 valence electrons. The maximum atomic E-state index is 3.56. The Kier molecular flexibility index (Phi) is 7.75. The third-order valence-electron chi connectivity index (χ3n) is 3.10. The summed E-state index contributed by atoms with van der Waals surface area (Å²) >= 11 is 1.94. The van der Waals surface area contributed by atoms with Gasteiger partial charge in [-0.1, -0.05) is 27.7 Å². The van der Waals surface area contributed by atoms with E-state index in [1.165, 1.54) is 25.1 Å². The van der Waals surface area contributed by atoms with Crippen LogP contribution < -0.4 is 5.32 Å². The Hall–Kier alpha value is 0.310. The molecule has 0 bridgehead atoms. The van der Waals surface area contributed by atoms with Crippen molar-refractivity contribution in [3.63, 3.8) is 0 Å². The van der Waals surface area contributed by atoms with E-state index in [0.717, 1.165) is 12.5 Å². The summed E-state index contributed by atoms with van der Waals surface area (Å²) in [6.45, 7) is 11.6. The normalized spacial score (nSPS) is 12.4. The molecule has 0 spiro atoms. The predicted molar refractivity (Wildman–Crippen MR) is 69.1 cm³/mol. The summed E-state index contributed by atoms with van der Waals surface area (Å²) in [7, 11) is 0. The molecule has 0 aliphatic rings. The maximum absolute atomic E-state index is 3.56. The van der Waals surface area contributed by atoms with Crippen molar-refractivity contribution in [3.8, 4) is 0 Å². The average Bonchev–Trinajstić information content (AvgIpc) is 2.10. The van der Waals surface area contributed by atoms with Gasteiger partial charge in [0.2, 0.25) is 0 Å². The van der Waals surface area contributed by atoms with Crippen LogP contribution in [-0.2, 0) is 0 Å². The van der Waals surface area contributed by atoms with Gasteiger partial charge in [-0.3, -0.25) is 0 Å². The molecular weight excluding hydrogens is 190 g/mol. The van der Waals surface area contributed by atoms with Crippen molar-refractivity contribution in [1.29, 1.82) is 0 Å². The van der Waals surface area contributed by atoms with Gasteiger partial charge in [0.15, 0.2) is 0 Å². The quantitative estimate of drug-likeness (QED) is 0.625. The van der Waals surface area contributed by atoms with E-state index in [2.05, 4.69) is 39.3 Å². The molecule has 0 aromatic carbocycles. The van der Waals surface area contributed by atoms with Crippen molar-refractivity contribution in [2.75, 3.05) is 25.1 Å². The molecule has 0 fully saturated rings. The number of hydrogen-bond donors (Lipinski definition) is 1. The van der Waals surface area contributed by atoms with Gasteiger partial charge in [-0.15, -0.1) is 0 Å². The predicted octanol–water partition coefficient (Wildman–Crippen LogP) is 3.40. The van der Waals surface area contributed by atoms with Crippen LogP contribution in [0.3, 0.4) is 0 Å². The van der Waals surface area contributed by atoms with E-state index in [9.17, 15) is 0 Å². The second kappa shape index (κ2) is 7.58. The zero-order chi connectivity index (χ0) is 11.0. The average molecular weight is 217 g/mol. The molecule has 0 aliphatic carbocycles. The molecule has 0 unspecified atom stereocenters. The molecule has 0 aliphatic heterocycles. The molecule has 14 heavy (non-hydrogen) atoms. The molecule has 0 saturated heterocycles. The van der Waals surface area contributed by atoms with Gasteiger partial charge in [0.25, 0.3) is 0 Å². The van der Waals surface area contributed by atoms with Crippen molar-refractivity contribution in [1.82, 2.24) is 5.32 Å². The fourth-order valence-electron chi connectivity index (χ4n) is 1.11. The SMILES string of the molecule is CSCCCCNCC(C)(C)C(C)C. The fraction of sp³-hybridized carbons (Fsp3) is 1.00. The maximum Gasteiger partial charge on any atom is 0.000496 e. The van der Waals surface area contributed by atoms with Crippen LogP contribution in [0.5, 0.6) is 0 Å². The molecule has 0 aromatic heterocycles. The van der Waals surface area contributed by atoms with Gasteiger partial charge in [-0.25, -0.2) is 0 Å². The molecule has 0 aromatic rings. The van der Waals surface area contributed by atoms with E-state index in [1.807, 2.05) is 11.8 Å². The van der Waals surface area contributed by atoms with Crippen LogP contribution in [0.4, 0.5) is 0 Å². The largest absolute Gasteiger partial charge is 0.316 e. The minimum Gasteiger partial charge on any atom is -0.316 e. The zero-order valence-corrected chi connectivity index (χ0v) is 11.3.